The molecule has 3 rings (SSSR count). The van der Waals surface area contributed by atoms with Crippen molar-refractivity contribution in [1.82, 2.24) is 19.7 Å². The molecular formula is C10H13N5O4. The van der Waals surface area contributed by atoms with Crippen molar-refractivity contribution in [3.05, 3.63) is 16.7 Å². The molecule has 0 radical (unpaired) electrons. The van der Waals surface area contributed by atoms with E-state index in [4.69, 9.17) is 15.6 Å². The third-order valence-electron chi connectivity index (χ3n) is 3.17. The zero-order chi connectivity index (χ0) is 13.6. The molecule has 5 N–H and O–H groups in total. The van der Waals surface area contributed by atoms with Crippen molar-refractivity contribution in [3.8, 4) is 0 Å². The van der Waals surface area contributed by atoms with Crippen molar-refractivity contribution in [2.24, 2.45) is 0 Å². The molecule has 0 unspecified atom stereocenters. The van der Waals surface area contributed by atoms with Gasteiger partial charge in [0.25, 0.3) is 0 Å². The number of rotatable bonds is 2. The minimum Gasteiger partial charge on any atom is -0.394 e. The Morgan fingerprint density at radius 2 is 2.42 bits per heavy atom. The van der Waals surface area contributed by atoms with Gasteiger partial charge in [-0.3, -0.25) is 4.98 Å². The maximum Gasteiger partial charge on any atom is 0.348 e. The van der Waals surface area contributed by atoms with Gasteiger partial charge in [-0.05, 0) is 0 Å². The topological polar surface area (TPSA) is 139 Å². The monoisotopic (exact) mass is 267 g/mol. The molecule has 1 aliphatic heterocycles. The quantitative estimate of drug-likeness (QED) is 0.510. The van der Waals surface area contributed by atoms with Crippen molar-refractivity contribution in [1.29, 1.82) is 0 Å². The summed E-state index contributed by atoms with van der Waals surface area (Å²) in [5.74, 6) is 0.179. The van der Waals surface area contributed by atoms with Crippen LogP contribution in [0.15, 0.2) is 11.0 Å². The van der Waals surface area contributed by atoms with Crippen LogP contribution in [-0.2, 0) is 4.74 Å². The summed E-state index contributed by atoms with van der Waals surface area (Å²) in [5, 5.41) is 23.3. The van der Waals surface area contributed by atoms with Crippen molar-refractivity contribution < 1.29 is 14.9 Å². The number of nitrogens with one attached hydrogen (secondary N) is 1. The molecule has 1 aliphatic rings. The minimum absolute atomic E-state index is 0.179. The molecule has 9 nitrogen and oxygen atoms in total. The number of hydrogen-bond acceptors (Lipinski definition) is 7. The van der Waals surface area contributed by atoms with Gasteiger partial charge in [-0.25, -0.2) is 9.48 Å². The average molecular weight is 267 g/mol. The summed E-state index contributed by atoms with van der Waals surface area (Å²) in [6, 6.07) is 0. The van der Waals surface area contributed by atoms with E-state index in [9.17, 15) is 9.90 Å². The summed E-state index contributed by atoms with van der Waals surface area (Å²) in [5.41, 5.74) is 5.38. The average Bonchev–Trinajstić information content (AvgIpc) is 2.92. The molecule has 9 heteroatoms. The zero-order valence-electron chi connectivity index (χ0n) is 9.85. The maximum atomic E-state index is 11.3. The lowest BCUT2D eigenvalue weighted by Gasteiger charge is -2.12. The minimum atomic E-state index is -0.784. The number of hydrogen-bond donors (Lipinski definition) is 4. The van der Waals surface area contributed by atoms with Crippen LogP contribution in [0.25, 0.3) is 11.0 Å². The molecule has 1 fully saturated rings. The summed E-state index contributed by atoms with van der Waals surface area (Å²) in [4.78, 5) is 17.5. The van der Waals surface area contributed by atoms with Gasteiger partial charge in [0.15, 0.2) is 11.9 Å². The van der Waals surface area contributed by atoms with Crippen LogP contribution < -0.4 is 11.4 Å². The Morgan fingerprint density at radius 1 is 1.63 bits per heavy atom. The molecular weight excluding hydrogens is 254 g/mol. The number of aromatic amines is 1. The van der Waals surface area contributed by atoms with E-state index in [-0.39, 0.29) is 24.5 Å². The summed E-state index contributed by atoms with van der Waals surface area (Å²) in [7, 11) is 0. The van der Waals surface area contributed by atoms with E-state index in [0.29, 0.717) is 5.39 Å². The third-order valence-corrected chi connectivity index (χ3v) is 3.17. The predicted octanol–water partition coefficient (Wildman–Crippen LogP) is -1.66. The largest absolute Gasteiger partial charge is 0.394 e. The molecule has 0 amide bonds. The summed E-state index contributed by atoms with van der Waals surface area (Å²) in [6.07, 6.45) is -0.304. The van der Waals surface area contributed by atoms with Gasteiger partial charge in [0.2, 0.25) is 0 Å². The van der Waals surface area contributed by atoms with Gasteiger partial charge < -0.3 is 20.7 Å². The third kappa shape index (κ3) is 1.87. The Hall–Kier alpha value is -1.97. The maximum absolute atomic E-state index is 11.3. The molecule has 3 atom stereocenters. The highest BCUT2D eigenvalue weighted by molar-refractivity contribution is 5.84. The van der Waals surface area contributed by atoms with Crippen molar-refractivity contribution in [2.45, 2.75) is 24.9 Å². The number of fused-ring (bicyclic) bond motifs is 1. The molecule has 2 aromatic rings. The number of ether oxygens (including phenoxy) is 1. The molecule has 0 aromatic carbocycles. The van der Waals surface area contributed by atoms with E-state index < -0.39 is 24.1 Å². The fraction of sp³-hybridized carbons (Fsp3) is 0.500. The predicted molar refractivity (Wildman–Crippen MR) is 64.2 cm³/mol. The molecule has 102 valence electrons. The summed E-state index contributed by atoms with van der Waals surface area (Å²) in [6.45, 7) is -0.285. The first-order valence-electron chi connectivity index (χ1n) is 5.77. The van der Waals surface area contributed by atoms with Crippen LogP contribution in [0.1, 0.15) is 12.6 Å². The lowest BCUT2D eigenvalue weighted by Crippen LogP contribution is -2.24. The highest BCUT2D eigenvalue weighted by Crippen LogP contribution is 2.30. The highest BCUT2D eigenvalue weighted by Gasteiger charge is 2.35. The van der Waals surface area contributed by atoms with Crippen molar-refractivity contribution in [3.63, 3.8) is 0 Å². The molecule has 0 aliphatic carbocycles. The zero-order valence-corrected chi connectivity index (χ0v) is 9.85. The van der Waals surface area contributed by atoms with Crippen LogP contribution >= 0.6 is 0 Å². The molecule has 1 saturated heterocycles. The first kappa shape index (κ1) is 12.1. The molecule has 2 aromatic heterocycles. The van der Waals surface area contributed by atoms with Crippen LogP contribution in [0.3, 0.4) is 0 Å². The van der Waals surface area contributed by atoms with Gasteiger partial charge in [0.1, 0.15) is 11.9 Å². The van der Waals surface area contributed by atoms with Gasteiger partial charge in [0, 0.05) is 6.42 Å². The number of anilines is 1. The smallest absolute Gasteiger partial charge is 0.348 e. The molecule has 3 heterocycles. The van der Waals surface area contributed by atoms with E-state index in [1.54, 1.807) is 0 Å². The van der Waals surface area contributed by atoms with Crippen LogP contribution in [0.5, 0.6) is 0 Å². The summed E-state index contributed by atoms with van der Waals surface area (Å²) < 4.78 is 6.85. The second kappa shape index (κ2) is 4.30. The van der Waals surface area contributed by atoms with Crippen LogP contribution in [0.4, 0.5) is 5.82 Å². The summed E-state index contributed by atoms with van der Waals surface area (Å²) >= 11 is 0. The van der Waals surface area contributed by atoms with Crippen LogP contribution in [-0.4, -0.2) is 48.8 Å². The first-order chi connectivity index (χ1) is 9.10. The lowest BCUT2D eigenvalue weighted by atomic mass is 10.2. The van der Waals surface area contributed by atoms with E-state index in [2.05, 4.69) is 15.1 Å². The van der Waals surface area contributed by atoms with Gasteiger partial charge >= 0.3 is 5.69 Å². The number of H-pyrrole nitrogens is 1. The SMILES string of the molecule is Nc1[nH]c(=O)nc2c1cnn2[C@H]1C[C@H](O)[C@@H](CO)O1. The van der Waals surface area contributed by atoms with E-state index >= 15 is 0 Å². The van der Waals surface area contributed by atoms with Gasteiger partial charge in [-0.1, -0.05) is 0 Å². The fourth-order valence-electron chi connectivity index (χ4n) is 2.20. The van der Waals surface area contributed by atoms with Gasteiger partial charge in [0.05, 0.1) is 24.3 Å². The number of aliphatic hydroxyl groups is 2. The highest BCUT2D eigenvalue weighted by atomic mass is 16.5. The van der Waals surface area contributed by atoms with Crippen LogP contribution in [0.2, 0.25) is 0 Å². The van der Waals surface area contributed by atoms with Crippen LogP contribution in [0, 0.1) is 0 Å². The second-order valence-corrected chi connectivity index (χ2v) is 4.40. The van der Waals surface area contributed by atoms with Crippen molar-refractivity contribution >= 4 is 16.9 Å². The van der Waals surface area contributed by atoms with Crippen molar-refractivity contribution in [2.75, 3.05) is 12.3 Å². The molecule has 0 saturated carbocycles. The normalized spacial score (nSPS) is 27.2. The Labute approximate surface area is 106 Å². The second-order valence-electron chi connectivity index (χ2n) is 4.40. The van der Waals surface area contributed by atoms with Gasteiger partial charge in [-0.2, -0.15) is 10.1 Å². The Bertz CT molecular complexity index is 665. The number of aromatic nitrogens is 4. The molecule has 0 spiro atoms. The van der Waals surface area contributed by atoms with E-state index in [1.807, 2.05) is 0 Å². The van der Waals surface area contributed by atoms with Gasteiger partial charge in [-0.15, -0.1) is 0 Å². The standard InChI is InChI=1S/C10H13N5O4/c11-8-4-2-12-15(9(4)14-10(18)13-8)7-1-5(17)6(3-16)19-7/h2,5-7,16-17H,1,3H2,(H3,11,13,14,18)/t5-,6+,7+/m0/s1. The number of nitrogens with two attached hydrogens (primary N) is 1. The Kier molecular flexibility index (Phi) is 2.73. The Balaban J connectivity index is 2.05. The van der Waals surface area contributed by atoms with E-state index in [0.717, 1.165) is 0 Å². The number of aliphatic hydroxyl groups excluding tert-OH is 2. The first-order valence-corrected chi connectivity index (χ1v) is 5.77. The molecule has 19 heavy (non-hydrogen) atoms. The Morgan fingerprint density at radius 3 is 3.11 bits per heavy atom. The lowest BCUT2D eigenvalue weighted by molar-refractivity contribution is -0.0470. The van der Waals surface area contributed by atoms with E-state index in [1.165, 1.54) is 10.9 Å². The molecule has 0 bridgehead atoms. The number of nitrogen functional groups attached to an aromatic ring is 1. The number of nitrogens with zero attached hydrogens (tertiary/aromatic N) is 3. The fourth-order valence-corrected chi connectivity index (χ4v) is 2.20.